The first kappa shape index (κ1) is 8.10. The van der Waals surface area contributed by atoms with Crippen molar-refractivity contribution in [3.8, 4) is 5.75 Å². The van der Waals surface area contributed by atoms with Gasteiger partial charge in [0.15, 0.2) is 0 Å². The molecule has 1 heterocycles. The van der Waals surface area contributed by atoms with Gasteiger partial charge < -0.3 is 9.67 Å². The molecule has 0 aliphatic carbocycles. The minimum atomic E-state index is -0.499. The summed E-state index contributed by atoms with van der Waals surface area (Å²) in [6.45, 7) is -0.499. The average Bonchev–Trinajstić information content (AvgIpc) is 2.42. The summed E-state index contributed by atoms with van der Waals surface area (Å²) in [5.74, 6) is 0.174. The summed E-state index contributed by atoms with van der Waals surface area (Å²) in [4.78, 5) is 0. The fourth-order valence-corrected chi connectivity index (χ4v) is 1.57. The number of hydrogen-bond donors (Lipinski definition) is 1. The quantitative estimate of drug-likeness (QED) is 0.714. The first-order chi connectivity index (χ1) is 6.22. The van der Waals surface area contributed by atoms with Crippen LogP contribution in [0.3, 0.4) is 0 Å². The maximum absolute atomic E-state index is 12.5. The average molecular weight is 179 g/mol. The van der Waals surface area contributed by atoms with Gasteiger partial charge in [0.1, 0.15) is 12.4 Å². The van der Waals surface area contributed by atoms with Crippen molar-refractivity contribution in [1.29, 1.82) is 0 Å². The number of rotatable bonds is 1. The molecule has 0 spiro atoms. The Bertz CT molecular complexity index is 447. The lowest BCUT2D eigenvalue weighted by molar-refractivity contribution is 0.475. The van der Waals surface area contributed by atoms with Gasteiger partial charge in [0.05, 0.1) is 0 Å². The molecule has 2 nitrogen and oxygen atoms in total. The van der Waals surface area contributed by atoms with Gasteiger partial charge in [0.25, 0.3) is 0 Å². The van der Waals surface area contributed by atoms with Crippen LogP contribution in [0.2, 0.25) is 0 Å². The van der Waals surface area contributed by atoms with Crippen molar-refractivity contribution in [2.75, 3.05) is 0 Å². The highest BCUT2D eigenvalue weighted by atomic mass is 19.1. The third-order valence-corrected chi connectivity index (χ3v) is 2.20. The van der Waals surface area contributed by atoms with Crippen molar-refractivity contribution in [3.63, 3.8) is 0 Å². The summed E-state index contributed by atoms with van der Waals surface area (Å²) >= 11 is 0. The lowest BCUT2D eigenvalue weighted by Crippen LogP contribution is -1.82. The normalized spacial score (nSPS) is 10.9. The van der Waals surface area contributed by atoms with Crippen LogP contribution in [0.1, 0.15) is 5.56 Å². The van der Waals surface area contributed by atoms with Crippen molar-refractivity contribution < 1.29 is 9.50 Å². The van der Waals surface area contributed by atoms with Gasteiger partial charge in [-0.25, -0.2) is 4.39 Å². The standard InChI is InChI=1S/C10H10FNO/c1-12-6-7(5-11)9-4-8(13)2-3-10(9)12/h2-4,6,13H,5H2,1H3. The Balaban J connectivity index is 2.81. The molecule has 0 amide bonds. The van der Waals surface area contributed by atoms with Crippen LogP contribution in [-0.4, -0.2) is 9.67 Å². The zero-order chi connectivity index (χ0) is 9.42. The van der Waals surface area contributed by atoms with Crippen molar-refractivity contribution in [2.24, 2.45) is 7.05 Å². The molecule has 1 aromatic heterocycles. The molecule has 2 rings (SSSR count). The van der Waals surface area contributed by atoms with Crippen LogP contribution in [-0.2, 0) is 13.7 Å². The fourth-order valence-electron chi connectivity index (χ4n) is 1.57. The SMILES string of the molecule is Cn1cc(CF)c2cc(O)ccc21. The van der Waals surface area contributed by atoms with E-state index in [9.17, 15) is 9.50 Å². The number of nitrogens with zero attached hydrogens (tertiary/aromatic N) is 1. The number of fused-ring (bicyclic) bond motifs is 1. The van der Waals surface area contributed by atoms with E-state index >= 15 is 0 Å². The molecule has 0 unspecified atom stereocenters. The number of hydrogen-bond acceptors (Lipinski definition) is 1. The Labute approximate surface area is 75.2 Å². The van der Waals surface area contributed by atoms with E-state index in [1.807, 2.05) is 11.6 Å². The smallest absolute Gasteiger partial charge is 0.117 e. The molecule has 2 aromatic rings. The van der Waals surface area contributed by atoms with E-state index in [0.29, 0.717) is 5.56 Å². The maximum atomic E-state index is 12.5. The van der Waals surface area contributed by atoms with Gasteiger partial charge in [0.2, 0.25) is 0 Å². The molecule has 0 saturated heterocycles. The number of aromatic nitrogens is 1. The lowest BCUT2D eigenvalue weighted by atomic mass is 10.2. The lowest BCUT2D eigenvalue weighted by Gasteiger charge is -1.96. The van der Waals surface area contributed by atoms with E-state index in [1.54, 1.807) is 24.4 Å². The van der Waals surface area contributed by atoms with Gasteiger partial charge in [-0.3, -0.25) is 0 Å². The third kappa shape index (κ3) is 1.16. The Morgan fingerprint density at radius 3 is 2.92 bits per heavy atom. The maximum Gasteiger partial charge on any atom is 0.117 e. The van der Waals surface area contributed by atoms with Gasteiger partial charge in [-0.2, -0.15) is 0 Å². The van der Waals surface area contributed by atoms with Crippen LogP contribution < -0.4 is 0 Å². The summed E-state index contributed by atoms with van der Waals surface area (Å²) in [5, 5.41) is 10.0. The van der Waals surface area contributed by atoms with E-state index in [1.165, 1.54) is 0 Å². The molecule has 3 heteroatoms. The molecule has 0 aliphatic rings. The monoisotopic (exact) mass is 179 g/mol. The van der Waals surface area contributed by atoms with E-state index in [2.05, 4.69) is 0 Å². The minimum Gasteiger partial charge on any atom is -0.508 e. The topological polar surface area (TPSA) is 25.2 Å². The largest absolute Gasteiger partial charge is 0.508 e. The van der Waals surface area contributed by atoms with Gasteiger partial charge in [-0.15, -0.1) is 0 Å². The highest BCUT2D eigenvalue weighted by Gasteiger charge is 2.06. The predicted octanol–water partition coefficient (Wildman–Crippen LogP) is 2.35. The Hall–Kier alpha value is -1.51. The number of alkyl halides is 1. The molecule has 13 heavy (non-hydrogen) atoms. The summed E-state index contributed by atoms with van der Waals surface area (Å²) < 4.78 is 14.4. The molecular formula is C10H10FNO. The van der Waals surface area contributed by atoms with Crippen LogP contribution in [0, 0.1) is 0 Å². The number of halogens is 1. The molecule has 1 N–H and O–H groups in total. The first-order valence-corrected chi connectivity index (χ1v) is 4.05. The number of benzene rings is 1. The number of phenols is 1. The molecule has 0 atom stereocenters. The molecule has 68 valence electrons. The van der Waals surface area contributed by atoms with Crippen LogP contribution in [0.4, 0.5) is 4.39 Å². The fraction of sp³-hybridized carbons (Fsp3) is 0.200. The van der Waals surface area contributed by atoms with Gasteiger partial charge >= 0.3 is 0 Å². The third-order valence-electron chi connectivity index (χ3n) is 2.20. The van der Waals surface area contributed by atoms with Crippen LogP contribution in [0.5, 0.6) is 5.75 Å². The van der Waals surface area contributed by atoms with Crippen LogP contribution >= 0.6 is 0 Å². The molecule has 1 aromatic carbocycles. The van der Waals surface area contributed by atoms with Crippen LogP contribution in [0.25, 0.3) is 10.9 Å². The molecule has 0 bridgehead atoms. The zero-order valence-electron chi connectivity index (χ0n) is 7.29. The minimum absolute atomic E-state index is 0.174. The summed E-state index contributed by atoms with van der Waals surface area (Å²) in [6.07, 6.45) is 1.74. The zero-order valence-corrected chi connectivity index (χ0v) is 7.29. The van der Waals surface area contributed by atoms with Crippen molar-refractivity contribution in [2.45, 2.75) is 6.67 Å². The highest BCUT2D eigenvalue weighted by molar-refractivity contribution is 5.85. The summed E-state index contributed by atoms with van der Waals surface area (Å²) in [6, 6.07) is 4.97. The molecule has 0 saturated carbocycles. The van der Waals surface area contributed by atoms with E-state index in [4.69, 9.17) is 0 Å². The number of aromatic hydroxyl groups is 1. The highest BCUT2D eigenvalue weighted by Crippen LogP contribution is 2.25. The number of phenolic OH excluding ortho intramolecular Hbond substituents is 1. The van der Waals surface area contributed by atoms with Crippen molar-refractivity contribution >= 4 is 10.9 Å². The molecule has 0 radical (unpaired) electrons. The van der Waals surface area contributed by atoms with Crippen molar-refractivity contribution in [3.05, 3.63) is 30.0 Å². The Morgan fingerprint density at radius 1 is 1.46 bits per heavy atom. The van der Waals surface area contributed by atoms with Crippen molar-refractivity contribution in [1.82, 2.24) is 4.57 Å². The molecule has 0 aliphatic heterocycles. The van der Waals surface area contributed by atoms with Crippen LogP contribution in [0.15, 0.2) is 24.4 Å². The molecular weight excluding hydrogens is 169 g/mol. The van der Waals surface area contributed by atoms with E-state index in [0.717, 1.165) is 10.9 Å². The second kappa shape index (κ2) is 2.76. The second-order valence-corrected chi connectivity index (χ2v) is 3.10. The van der Waals surface area contributed by atoms with Gasteiger partial charge in [-0.1, -0.05) is 0 Å². The Morgan fingerprint density at radius 2 is 2.23 bits per heavy atom. The van der Waals surface area contributed by atoms with Gasteiger partial charge in [-0.05, 0) is 18.2 Å². The summed E-state index contributed by atoms with van der Waals surface area (Å²) in [5.41, 5.74) is 1.55. The second-order valence-electron chi connectivity index (χ2n) is 3.10. The van der Waals surface area contributed by atoms with Gasteiger partial charge in [0, 0.05) is 29.7 Å². The first-order valence-electron chi connectivity index (χ1n) is 4.05. The Kier molecular flexibility index (Phi) is 1.72. The number of aryl methyl sites for hydroxylation is 1. The summed E-state index contributed by atoms with van der Waals surface area (Å²) in [7, 11) is 1.86. The molecule has 0 fully saturated rings. The van der Waals surface area contributed by atoms with E-state index < -0.39 is 6.67 Å². The van der Waals surface area contributed by atoms with E-state index in [-0.39, 0.29) is 5.75 Å². The predicted molar refractivity (Wildman–Crippen MR) is 49.4 cm³/mol.